The van der Waals surface area contributed by atoms with E-state index >= 15 is 0 Å². The summed E-state index contributed by atoms with van der Waals surface area (Å²) >= 11 is 0. The monoisotopic (exact) mass is 312 g/mol. The van der Waals surface area contributed by atoms with E-state index in [0.29, 0.717) is 5.92 Å². The van der Waals surface area contributed by atoms with Crippen molar-refractivity contribution in [3.05, 3.63) is 59.9 Å². The minimum atomic E-state index is -0.188. The summed E-state index contributed by atoms with van der Waals surface area (Å²) in [4.78, 5) is 2.54. The van der Waals surface area contributed by atoms with Crippen LogP contribution in [0, 0.1) is 5.82 Å². The Morgan fingerprint density at radius 2 is 1.52 bits per heavy atom. The van der Waals surface area contributed by atoms with Crippen LogP contribution in [-0.4, -0.2) is 37.6 Å². The summed E-state index contributed by atoms with van der Waals surface area (Å²) < 4.78 is 13.0. The SMILES string of the molecule is CC(CCN1CCNCC1)c1ccc(-c2ccc(F)cc2)cc1. The summed E-state index contributed by atoms with van der Waals surface area (Å²) in [5.41, 5.74) is 3.58. The van der Waals surface area contributed by atoms with E-state index in [2.05, 4.69) is 41.4 Å². The van der Waals surface area contributed by atoms with Gasteiger partial charge in [0, 0.05) is 26.2 Å². The zero-order valence-electron chi connectivity index (χ0n) is 13.8. The molecule has 1 heterocycles. The molecule has 1 fully saturated rings. The Bertz CT molecular complexity index is 601. The van der Waals surface area contributed by atoms with Crippen molar-refractivity contribution < 1.29 is 4.39 Å². The number of nitrogens with zero attached hydrogens (tertiary/aromatic N) is 1. The molecule has 0 bridgehead atoms. The van der Waals surface area contributed by atoms with Gasteiger partial charge < -0.3 is 10.2 Å². The van der Waals surface area contributed by atoms with Gasteiger partial charge in [0.05, 0.1) is 0 Å². The number of benzene rings is 2. The van der Waals surface area contributed by atoms with Crippen LogP contribution in [0.5, 0.6) is 0 Å². The molecule has 2 nitrogen and oxygen atoms in total. The molecule has 1 saturated heterocycles. The Kier molecular flexibility index (Phi) is 5.42. The first kappa shape index (κ1) is 16.2. The van der Waals surface area contributed by atoms with Gasteiger partial charge in [-0.3, -0.25) is 0 Å². The summed E-state index contributed by atoms with van der Waals surface area (Å²) in [6, 6.07) is 15.4. The lowest BCUT2D eigenvalue weighted by molar-refractivity contribution is 0.234. The summed E-state index contributed by atoms with van der Waals surface area (Å²) in [5.74, 6) is 0.374. The van der Waals surface area contributed by atoms with Crippen molar-refractivity contribution in [1.29, 1.82) is 0 Å². The first-order chi connectivity index (χ1) is 11.2. The molecule has 1 unspecified atom stereocenters. The predicted octanol–water partition coefficient (Wildman–Crippen LogP) is 3.89. The lowest BCUT2D eigenvalue weighted by Crippen LogP contribution is -2.43. The third kappa shape index (κ3) is 4.40. The average molecular weight is 312 g/mol. The van der Waals surface area contributed by atoms with Crippen LogP contribution in [0.4, 0.5) is 4.39 Å². The van der Waals surface area contributed by atoms with Gasteiger partial charge in [-0.25, -0.2) is 4.39 Å². The van der Waals surface area contributed by atoms with E-state index in [9.17, 15) is 4.39 Å². The Labute approximate surface area is 138 Å². The Hall–Kier alpha value is -1.71. The molecule has 0 amide bonds. The molecule has 0 aliphatic carbocycles. The van der Waals surface area contributed by atoms with Gasteiger partial charge in [-0.2, -0.15) is 0 Å². The quantitative estimate of drug-likeness (QED) is 0.901. The van der Waals surface area contributed by atoms with Crippen LogP contribution in [-0.2, 0) is 0 Å². The van der Waals surface area contributed by atoms with Gasteiger partial charge in [0.1, 0.15) is 5.82 Å². The molecule has 0 spiro atoms. The van der Waals surface area contributed by atoms with Crippen LogP contribution < -0.4 is 5.32 Å². The Morgan fingerprint density at radius 3 is 2.13 bits per heavy atom. The number of halogens is 1. The summed E-state index contributed by atoms with van der Waals surface area (Å²) in [5, 5.41) is 3.39. The van der Waals surface area contributed by atoms with Crippen molar-refractivity contribution in [3.63, 3.8) is 0 Å². The Morgan fingerprint density at radius 1 is 0.957 bits per heavy atom. The molecule has 3 heteroatoms. The zero-order chi connectivity index (χ0) is 16.1. The van der Waals surface area contributed by atoms with Crippen molar-refractivity contribution in [3.8, 4) is 11.1 Å². The van der Waals surface area contributed by atoms with E-state index in [-0.39, 0.29) is 5.82 Å². The normalized spacial score (nSPS) is 17.1. The molecule has 3 rings (SSSR count). The maximum Gasteiger partial charge on any atom is 0.123 e. The van der Waals surface area contributed by atoms with E-state index in [1.165, 1.54) is 30.7 Å². The summed E-state index contributed by atoms with van der Waals surface area (Å²) in [6.45, 7) is 8.02. The fourth-order valence-electron chi connectivity index (χ4n) is 3.12. The van der Waals surface area contributed by atoms with E-state index in [1.54, 1.807) is 0 Å². The molecule has 1 aliphatic rings. The second kappa shape index (κ2) is 7.71. The van der Waals surface area contributed by atoms with Gasteiger partial charge in [0.2, 0.25) is 0 Å². The molecule has 0 radical (unpaired) electrons. The number of nitrogens with one attached hydrogen (secondary N) is 1. The van der Waals surface area contributed by atoms with Crippen molar-refractivity contribution in [2.24, 2.45) is 0 Å². The van der Waals surface area contributed by atoms with E-state index in [4.69, 9.17) is 0 Å². The standard InChI is InChI=1S/C20H25FN2/c1-16(10-13-23-14-11-22-12-15-23)17-2-4-18(5-3-17)19-6-8-20(21)9-7-19/h2-9,16,22H,10-15H2,1H3. The molecule has 2 aromatic rings. The number of piperazine rings is 1. The maximum atomic E-state index is 13.0. The highest BCUT2D eigenvalue weighted by molar-refractivity contribution is 5.63. The van der Waals surface area contributed by atoms with Gasteiger partial charge in [-0.1, -0.05) is 43.3 Å². The summed E-state index contributed by atoms with van der Waals surface area (Å²) in [6.07, 6.45) is 1.19. The van der Waals surface area contributed by atoms with Crippen LogP contribution in [0.3, 0.4) is 0 Å². The maximum absolute atomic E-state index is 13.0. The molecule has 1 atom stereocenters. The molecular weight excluding hydrogens is 287 g/mol. The van der Waals surface area contributed by atoms with Gasteiger partial charge in [-0.05, 0) is 47.7 Å². The fourth-order valence-corrected chi connectivity index (χ4v) is 3.12. The first-order valence-electron chi connectivity index (χ1n) is 8.51. The predicted molar refractivity (Wildman–Crippen MR) is 94.2 cm³/mol. The lowest BCUT2D eigenvalue weighted by Gasteiger charge is -2.28. The number of rotatable bonds is 5. The topological polar surface area (TPSA) is 15.3 Å². The van der Waals surface area contributed by atoms with Crippen molar-refractivity contribution >= 4 is 0 Å². The molecule has 122 valence electrons. The van der Waals surface area contributed by atoms with Crippen LogP contribution in [0.2, 0.25) is 0 Å². The van der Waals surface area contributed by atoms with Crippen LogP contribution in [0.1, 0.15) is 24.8 Å². The minimum absolute atomic E-state index is 0.188. The molecule has 0 aromatic heterocycles. The smallest absolute Gasteiger partial charge is 0.123 e. The van der Waals surface area contributed by atoms with Crippen molar-refractivity contribution in [2.45, 2.75) is 19.3 Å². The second-order valence-electron chi connectivity index (χ2n) is 6.41. The minimum Gasteiger partial charge on any atom is -0.314 e. The molecule has 23 heavy (non-hydrogen) atoms. The van der Waals surface area contributed by atoms with Gasteiger partial charge in [0.25, 0.3) is 0 Å². The molecule has 2 aromatic carbocycles. The van der Waals surface area contributed by atoms with Crippen molar-refractivity contribution in [2.75, 3.05) is 32.7 Å². The molecule has 1 N–H and O–H groups in total. The number of hydrogen-bond donors (Lipinski definition) is 1. The number of hydrogen-bond acceptors (Lipinski definition) is 2. The van der Waals surface area contributed by atoms with Gasteiger partial charge in [-0.15, -0.1) is 0 Å². The van der Waals surface area contributed by atoms with Crippen LogP contribution >= 0.6 is 0 Å². The largest absolute Gasteiger partial charge is 0.314 e. The first-order valence-corrected chi connectivity index (χ1v) is 8.51. The molecular formula is C20H25FN2. The third-order valence-electron chi connectivity index (χ3n) is 4.75. The third-order valence-corrected chi connectivity index (χ3v) is 4.75. The van der Waals surface area contributed by atoms with Crippen LogP contribution in [0.25, 0.3) is 11.1 Å². The highest BCUT2D eigenvalue weighted by atomic mass is 19.1. The molecule has 0 saturated carbocycles. The lowest BCUT2D eigenvalue weighted by atomic mass is 9.95. The Balaban J connectivity index is 1.58. The fraction of sp³-hybridized carbons (Fsp3) is 0.400. The van der Waals surface area contributed by atoms with Gasteiger partial charge in [0.15, 0.2) is 0 Å². The van der Waals surface area contributed by atoms with E-state index in [1.807, 2.05) is 12.1 Å². The highest BCUT2D eigenvalue weighted by Gasteiger charge is 2.12. The van der Waals surface area contributed by atoms with Gasteiger partial charge >= 0.3 is 0 Å². The van der Waals surface area contributed by atoms with E-state index < -0.39 is 0 Å². The molecule has 1 aliphatic heterocycles. The van der Waals surface area contributed by atoms with Crippen LogP contribution in [0.15, 0.2) is 48.5 Å². The zero-order valence-corrected chi connectivity index (χ0v) is 13.8. The van der Waals surface area contributed by atoms with E-state index in [0.717, 1.165) is 37.3 Å². The average Bonchev–Trinajstić information content (AvgIpc) is 2.61. The summed E-state index contributed by atoms with van der Waals surface area (Å²) in [7, 11) is 0. The highest BCUT2D eigenvalue weighted by Crippen LogP contribution is 2.24. The second-order valence-corrected chi connectivity index (χ2v) is 6.41. The van der Waals surface area contributed by atoms with Crippen molar-refractivity contribution in [1.82, 2.24) is 10.2 Å².